The molecule has 1 amide bonds. The third-order valence-corrected chi connectivity index (χ3v) is 3.72. The number of carbonyl (C=O) groups excluding carboxylic acids is 1. The van der Waals surface area contributed by atoms with E-state index in [2.05, 4.69) is 37.8 Å². The topological polar surface area (TPSA) is 20.3 Å². The molecule has 0 radical (unpaired) electrons. The first-order valence-corrected chi connectivity index (χ1v) is 8.49. The summed E-state index contributed by atoms with van der Waals surface area (Å²) < 4.78 is 0. The average Bonchev–Trinajstić information content (AvgIpc) is 3.32. The second-order valence-corrected chi connectivity index (χ2v) is 5.82. The lowest BCUT2D eigenvalue weighted by molar-refractivity contribution is -0.131. The maximum atomic E-state index is 12.0. The normalized spacial score (nSPS) is 14.9. The van der Waals surface area contributed by atoms with Crippen LogP contribution in [-0.2, 0) is 4.79 Å². The molecule has 0 aromatic rings. The summed E-state index contributed by atoms with van der Waals surface area (Å²) in [6.45, 7) is 7.36. The van der Waals surface area contributed by atoms with Gasteiger partial charge in [-0.2, -0.15) is 0 Å². The lowest BCUT2D eigenvalue weighted by Crippen LogP contribution is -2.32. The Labute approximate surface area is 130 Å². The predicted molar refractivity (Wildman–Crippen MR) is 91.2 cm³/mol. The number of nitrogens with zero attached hydrogens (tertiary/aromatic N) is 1. The zero-order valence-corrected chi connectivity index (χ0v) is 13.6. The van der Waals surface area contributed by atoms with Gasteiger partial charge in [0.25, 0.3) is 0 Å². The van der Waals surface area contributed by atoms with Crippen LogP contribution in [0.5, 0.6) is 0 Å². The Morgan fingerprint density at radius 2 is 1.71 bits per heavy atom. The summed E-state index contributed by atoms with van der Waals surface area (Å²) in [5, 5.41) is 0. The molecular weight excluding hydrogens is 258 g/mol. The molecule has 0 aromatic carbocycles. The Morgan fingerprint density at radius 3 is 2.33 bits per heavy atom. The van der Waals surface area contributed by atoms with E-state index in [4.69, 9.17) is 0 Å². The molecule has 0 aliphatic heterocycles. The highest BCUT2D eigenvalue weighted by molar-refractivity contribution is 5.81. The van der Waals surface area contributed by atoms with Crippen molar-refractivity contribution in [2.24, 2.45) is 5.92 Å². The van der Waals surface area contributed by atoms with Gasteiger partial charge in [0.15, 0.2) is 0 Å². The van der Waals surface area contributed by atoms with Crippen LogP contribution in [0.3, 0.4) is 0 Å². The number of hydrogen-bond donors (Lipinski definition) is 0. The fourth-order valence-corrected chi connectivity index (χ4v) is 2.26. The van der Waals surface area contributed by atoms with Gasteiger partial charge in [-0.3, -0.25) is 4.79 Å². The largest absolute Gasteiger partial charge is 0.335 e. The summed E-state index contributed by atoms with van der Waals surface area (Å²) in [6, 6.07) is 0. The number of allylic oxidation sites excluding steroid dienone is 3. The molecule has 0 aromatic heterocycles. The molecule has 1 rings (SSSR count). The summed E-state index contributed by atoms with van der Waals surface area (Å²) >= 11 is 0. The second kappa shape index (κ2) is 11.4. The highest BCUT2D eigenvalue weighted by Crippen LogP contribution is 2.30. The Balaban J connectivity index is 2.11. The van der Waals surface area contributed by atoms with E-state index in [0.717, 1.165) is 32.2 Å². The van der Waals surface area contributed by atoms with Crippen LogP contribution in [0, 0.1) is 5.92 Å². The molecule has 2 heteroatoms. The van der Waals surface area contributed by atoms with Gasteiger partial charge in [0.2, 0.25) is 5.91 Å². The van der Waals surface area contributed by atoms with Crippen molar-refractivity contribution in [3.63, 3.8) is 0 Å². The van der Waals surface area contributed by atoms with Crippen molar-refractivity contribution in [1.29, 1.82) is 0 Å². The first kappa shape index (κ1) is 17.7. The third-order valence-electron chi connectivity index (χ3n) is 3.72. The third kappa shape index (κ3) is 8.54. The van der Waals surface area contributed by atoms with E-state index in [-0.39, 0.29) is 0 Å². The van der Waals surface area contributed by atoms with Crippen molar-refractivity contribution in [3.05, 3.63) is 37.0 Å². The Kier molecular flexibility index (Phi) is 9.60. The van der Waals surface area contributed by atoms with Crippen LogP contribution < -0.4 is 0 Å². The number of amides is 1. The Hall–Kier alpha value is -1.31. The van der Waals surface area contributed by atoms with Crippen LogP contribution in [0.25, 0.3) is 0 Å². The molecular formula is C19H31NO. The van der Waals surface area contributed by atoms with E-state index in [0.29, 0.717) is 18.4 Å². The summed E-state index contributed by atoms with van der Waals surface area (Å²) in [5.74, 6) is 0.597. The molecule has 118 valence electrons. The Bertz CT molecular complexity index is 353. The van der Waals surface area contributed by atoms with Crippen LogP contribution in [0.2, 0.25) is 0 Å². The van der Waals surface area contributed by atoms with Crippen LogP contribution in [0.15, 0.2) is 37.0 Å². The average molecular weight is 289 g/mol. The number of rotatable bonds is 12. The van der Waals surface area contributed by atoms with Gasteiger partial charge >= 0.3 is 0 Å². The number of unbranched alkanes of at least 4 members (excludes halogenated alkanes) is 4. The minimum absolute atomic E-state index is 0.296. The van der Waals surface area contributed by atoms with Gasteiger partial charge in [-0.15, -0.1) is 6.58 Å². The molecule has 21 heavy (non-hydrogen) atoms. The van der Waals surface area contributed by atoms with Gasteiger partial charge in [0.05, 0.1) is 0 Å². The first-order chi connectivity index (χ1) is 10.3. The molecule has 0 saturated heterocycles. The lowest BCUT2D eigenvalue weighted by Gasteiger charge is -2.19. The molecule has 0 heterocycles. The van der Waals surface area contributed by atoms with Gasteiger partial charge < -0.3 is 4.90 Å². The van der Waals surface area contributed by atoms with Crippen molar-refractivity contribution in [1.82, 2.24) is 4.90 Å². The highest BCUT2D eigenvalue weighted by Gasteiger charge is 2.32. The van der Waals surface area contributed by atoms with E-state index >= 15 is 0 Å². The molecule has 0 spiro atoms. The highest BCUT2D eigenvalue weighted by atomic mass is 16.2. The molecule has 0 bridgehead atoms. The molecule has 0 N–H and O–H groups in total. The zero-order chi connectivity index (χ0) is 15.3. The summed E-state index contributed by atoms with van der Waals surface area (Å²) in [5.41, 5.74) is 0. The summed E-state index contributed by atoms with van der Waals surface area (Å²) in [4.78, 5) is 13.9. The van der Waals surface area contributed by atoms with E-state index < -0.39 is 0 Å². The Morgan fingerprint density at radius 1 is 1.05 bits per heavy atom. The number of hydrogen-bond acceptors (Lipinski definition) is 1. The lowest BCUT2D eigenvalue weighted by atomic mass is 10.2. The van der Waals surface area contributed by atoms with Gasteiger partial charge in [0.1, 0.15) is 0 Å². The van der Waals surface area contributed by atoms with Crippen molar-refractivity contribution < 1.29 is 4.79 Å². The van der Waals surface area contributed by atoms with E-state index in [1.54, 1.807) is 0 Å². The fourth-order valence-electron chi connectivity index (χ4n) is 2.26. The van der Waals surface area contributed by atoms with Crippen LogP contribution in [0.1, 0.15) is 58.3 Å². The molecule has 1 fully saturated rings. The SMILES string of the molecule is C=CCN(CC=CCCC=CCCCCC)C(=O)C1CC1. The van der Waals surface area contributed by atoms with Gasteiger partial charge in [-0.25, -0.2) is 0 Å². The second-order valence-electron chi connectivity index (χ2n) is 5.82. The summed E-state index contributed by atoms with van der Waals surface area (Å²) in [7, 11) is 0. The fraction of sp³-hybridized carbons (Fsp3) is 0.632. The van der Waals surface area contributed by atoms with E-state index in [1.165, 1.54) is 25.7 Å². The predicted octanol–water partition coefficient (Wildman–Crippen LogP) is 4.88. The first-order valence-electron chi connectivity index (χ1n) is 8.49. The van der Waals surface area contributed by atoms with E-state index in [1.807, 2.05) is 11.0 Å². The van der Waals surface area contributed by atoms with Crippen LogP contribution in [-0.4, -0.2) is 23.9 Å². The van der Waals surface area contributed by atoms with E-state index in [9.17, 15) is 4.79 Å². The van der Waals surface area contributed by atoms with Gasteiger partial charge in [0, 0.05) is 19.0 Å². The molecule has 0 unspecified atom stereocenters. The molecule has 0 atom stereocenters. The molecule has 2 nitrogen and oxygen atoms in total. The van der Waals surface area contributed by atoms with Crippen molar-refractivity contribution in [3.8, 4) is 0 Å². The standard InChI is InChI=1S/C19H31NO/c1-3-5-6-7-8-9-10-11-12-13-17-20(16-4-2)19(21)18-14-15-18/h4,8-9,12-13,18H,2-3,5-7,10-11,14-17H2,1H3. The maximum Gasteiger partial charge on any atom is 0.226 e. The number of carbonyl (C=O) groups is 1. The van der Waals surface area contributed by atoms with Gasteiger partial charge in [-0.1, -0.05) is 50.1 Å². The minimum Gasteiger partial charge on any atom is -0.335 e. The zero-order valence-electron chi connectivity index (χ0n) is 13.6. The van der Waals surface area contributed by atoms with Crippen molar-refractivity contribution in [2.45, 2.75) is 58.3 Å². The smallest absolute Gasteiger partial charge is 0.226 e. The van der Waals surface area contributed by atoms with Crippen molar-refractivity contribution in [2.75, 3.05) is 13.1 Å². The quantitative estimate of drug-likeness (QED) is 0.370. The minimum atomic E-state index is 0.296. The summed E-state index contributed by atoms with van der Waals surface area (Å²) in [6.07, 6.45) is 20.1. The molecule has 1 saturated carbocycles. The van der Waals surface area contributed by atoms with Crippen LogP contribution in [0.4, 0.5) is 0 Å². The maximum absolute atomic E-state index is 12.0. The monoisotopic (exact) mass is 289 g/mol. The molecule has 1 aliphatic rings. The van der Waals surface area contributed by atoms with Crippen molar-refractivity contribution >= 4 is 5.91 Å². The molecule has 1 aliphatic carbocycles. The van der Waals surface area contributed by atoms with Crippen LogP contribution >= 0.6 is 0 Å². The van der Waals surface area contributed by atoms with Gasteiger partial charge in [-0.05, 0) is 38.5 Å².